The van der Waals surface area contributed by atoms with Crippen LogP contribution in [0.2, 0.25) is 10.0 Å². The number of phenolic OH excluding ortho intramolecular Hbond substituents is 1. The molecule has 10 heteroatoms. The molecule has 2 amide bonds. The van der Waals surface area contributed by atoms with Crippen LogP contribution in [0.5, 0.6) is 5.75 Å². The van der Waals surface area contributed by atoms with Gasteiger partial charge in [0.15, 0.2) is 0 Å². The normalized spacial score (nSPS) is 11.6. The summed E-state index contributed by atoms with van der Waals surface area (Å²) >= 11 is 11.9. The lowest BCUT2D eigenvalue weighted by Gasteiger charge is -2.20. The number of anilines is 1. The van der Waals surface area contributed by atoms with Gasteiger partial charge in [-0.1, -0.05) is 23.2 Å². The van der Waals surface area contributed by atoms with Gasteiger partial charge >= 0.3 is 0 Å². The van der Waals surface area contributed by atoms with Crippen molar-refractivity contribution in [1.82, 2.24) is 15.6 Å². The van der Waals surface area contributed by atoms with Crippen LogP contribution in [0.3, 0.4) is 0 Å². The first-order chi connectivity index (χ1) is 13.6. The molecule has 0 radical (unpaired) electrons. The summed E-state index contributed by atoms with van der Waals surface area (Å²) in [5, 5.41) is 15.5. The van der Waals surface area contributed by atoms with E-state index in [4.69, 9.17) is 28.9 Å². The van der Waals surface area contributed by atoms with Gasteiger partial charge in [0.2, 0.25) is 5.91 Å². The molecule has 1 aromatic carbocycles. The molecule has 0 bridgehead atoms. The van der Waals surface area contributed by atoms with Crippen LogP contribution in [0, 0.1) is 6.92 Å². The van der Waals surface area contributed by atoms with Crippen LogP contribution in [0.1, 0.15) is 41.0 Å². The summed E-state index contributed by atoms with van der Waals surface area (Å²) in [5.41, 5.74) is 7.09. The minimum atomic E-state index is -0.871. The number of hydrogen-bond acceptors (Lipinski definition) is 6. The zero-order chi connectivity index (χ0) is 21.7. The fourth-order valence-electron chi connectivity index (χ4n) is 2.56. The minimum absolute atomic E-state index is 0.00642. The maximum Gasteiger partial charge on any atom is 0.253 e. The molecule has 5 N–H and O–H groups in total. The molecule has 29 heavy (non-hydrogen) atoms. The number of Topliss-reactive ketones (excluding diaryl/α,β-unsaturated/α-hetero) is 1. The second-order valence-corrected chi connectivity index (χ2v) is 7.28. The number of aromatic hydroxyl groups is 1. The van der Waals surface area contributed by atoms with Crippen LogP contribution >= 0.6 is 23.2 Å². The highest BCUT2D eigenvalue weighted by Gasteiger charge is 2.22. The maximum atomic E-state index is 12.3. The van der Waals surface area contributed by atoms with E-state index < -0.39 is 17.9 Å². The van der Waals surface area contributed by atoms with Crippen molar-refractivity contribution in [3.05, 3.63) is 51.3 Å². The number of carbonyl (C=O) groups is 3. The van der Waals surface area contributed by atoms with E-state index in [1.54, 1.807) is 6.92 Å². The highest BCUT2D eigenvalue weighted by molar-refractivity contribution is 6.35. The lowest BCUT2D eigenvalue weighted by molar-refractivity contribution is -0.121. The van der Waals surface area contributed by atoms with Crippen LogP contribution < -0.4 is 16.4 Å². The van der Waals surface area contributed by atoms with E-state index >= 15 is 0 Å². The number of hydrogen-bond donors (Lipinski definition) is 4. The highest BCUT2D eigenvalue weighted by Crippen LogP contribution is 2.36. The summed E-state index contributed by atoms with van der Waals surface area (Å²) in [5.74, 6) is -1.62. The fourth-order valence-corrected chi connectivity index (χ4v) is 3.07. The number of rotatable bonds is 7. The topological polar surface area (TPSA) is 134 Å². The number of phenols is 1. The summed E-state index contributed by atoms with van der Waals surface area (Å²) in [6.07, 6.45) is 1.26. The van der Waals surface area contributed by atoms with Gasteiger partial charge in [-0.2, -0.15) is 0 Å². The van der Waals surface area contributed by atoms with Crippen molar-refractivity contribution < 1.29 is 19.5 Å². The van der Waals surface area contributed by atoms with E-state index in [-0.39, 0.29) is 45.7 Å². The maximum absolute atomic E-state index is 12.3. The van der Waals surface area contributed by atoms with Crippen molar-refractivity contribution in [1.29, 1.82) is 0 Å². The number of nitrogen functional groups attached to an aromatic ring is 1. The first-order valence-corrected chi connectivity index (χ1v) is 9.31. The van der Waals surface area contributed by atoms with Crippen LogP contribution in [-0.2, 0) is 9.59 Å². The number of carbonyl (C=O) groups excluding carboxylic acids is 3. The number of aromatic nitrogens is 1. The van der Waals surface area contributed by atoms with Gasteiger partial charge in [0, 0.05) is 23.2 Å². The number of benzene rings is 1. The van der Waals surface area contributed by atoms with Gasteiger partial charge in [-0.3, -0.25) is 19.4 Å². The zero-order valence-electron chi connectivity index (χ0n) is 15.8. The number of amides is 2. The standard InChI is InChI=1S/C19H20Cl2N4O4/c1-9(26)3-16(13-5-12(20)6-14(21)18(13)28)25-17(27)8-24-19(29)11-4-15(22)10(2)23-7-11/h4-7,16,28H,3,8,22H2,1-2H3,(H,24,29)(H,25,27)/t16-/m0/s1. The van der Waals surface area contributed by atoms with E-state index in [9.17, 15) is 19.5 Å². The lowest BCUT2D eigenvalue weighted by atomic mass is 10.0. The quantitative estimate of drug-likeness (QED) is 0.524. The molecule has 0 spiro atoms. The molecule has 1 heterocycles. The third-order valence-corrected chi connectivity index (χ3v) is 4.56. The Bertz CT molecular complexity index is 965. The Balaban J connectivity index is 2.09. The van der Waals surface area contributed by atoms with Crippen molar-refractivity contribution in [2.24, 2.45) is 0 Å². The Morgan fingerprint density at radius 3 is 2.55 bits per heavy atom. The number of nitrogens with two attached hydrogens (primary N) is 1. The molecule has 1 aromatic heterocycles. The Morgan fingerprint density at radius 1 is 1.24 bits per heavy atom. The van der Waals surface area contributed by atoms with E-state index in [0.29, 0.717) is 11.4 Å². The van der Waals surface area contributed by atoms with E-state index in [1.165, 1.54) is 31.3 Å². The second-order valence-electron chi connectivity index (χ2n) is 6.43. The summed E-state index contributed by atoms with van der Waals surface area (Å²) in [6, 6.07) is 3.34. The predicted octanol–water partition coefficient (Wildman–Crippen LogP) is 2.55. The summed E-state index contributed by atoms with van der Waals surface area (Å²) < 4.78 is 0. The molecule has 154 valence electrons. The molecular weight excluding hydrogens is 419 g/mol. The molecule has 0 saturated carbocycles. The molecule has 2 aromatic rings. The minimum Gasteiger partial charge on any atom is -0.506 e. The summed E-state index contributed by atoms with van der Waals surface area (Å²) in [7, 11) is 0. The van der Waals surface area contributed by atoms with Crippen molar-refractivity contribution in [2.45, 2.75) is 26.3 Å². The first kappa shape index (κ1) is 22.4. The van der Waals surface area contributed by atoms with E-state index in [0.717, 1.165) is 0 Å². The van der Waals surface area contributed by atoms with Gasteiger partial charge in [-0.25, -0.2) is 0 Å². The van der Waals surface area contributed by atoms with E-state index in [2.05, 4.69) is 15.6 Å². The fraction of sp³-hybridized carbons (Fsp3) is 0.263. The molecule has 0 aliphatic rings. The first-order valence-electron chi connectivity index (χ1n) is 8.55. The molecule has 0 saturated heterocycles. The Morgan fingerprint density at radius 2 is 1.93 bits per heavy atom. The molecule has 0 fully saturated rings. The number of pyridine rings is 1. The summed E-state index contributed by atoms with van der Waals surface area (Å²) in [6.45, 7) is 2.69. The number of nitrogens with zero attached hydrogens (tertiary/aromatic N) is 1. The van der Waals surface area contributed by atoms with E-state index in [1.807, 2.05) is 0 Å². The molecule has 0 aliphatic carbocycles. The molecule has 8 nitrogen and oxygen atoms in total. The monoisotopic (exact) mass is 438 g/mol. The van der Waals surface area contributed by atoms with Crippen molar-refractivity contribution in [3.8, 4) is 5.75 Å². The third-order valence-electron chi connectivity index (χ3n) is 4.06. The zero-order valence-corrected chi connectivity index (χ0v) is 17.3. The van der Waals surface area contributed by atoms with Crippen LogP contribution in [-0.4, -0.2) is 34.2 Å². The summed E-state index contributed by atoms with van der Waals surface area (Å²) in [4.78, 5) is 40.1. The van der Waals surface area contributed by atoms with Crippen molar-refractivity contribution in [3.63, 3.8) is 0 Å². The van der Waals surface area contributed by atoms with Crippen molar-refractivity contribution >= 4 is 46.5 Å². The molecule has 1 atom stereocenters. The molecule has 2 rings (SSSR count). The number of nitrogens with one attached hydrogen (secondary N) is 2. The largest absolute Gasteiger partial charge is 0.506 e. The molecule has 0 unspecified atom stereocenters. The number of aryl methyl sites for hydroxylation is 1. The van der Waals surface area contributed by atoms with Gasteiger partial charge in [-0.05, 0) is 32.0 Å². The van der Waals surface area contributed by atoms with Gasteiger partial charge < -0.3 is 21.5 Å². The van der Waals surface area contributed by atoms with Gasteiger partial charge in [0.05, 0.1) is 34.6 Å². The Hall–Kier alpha value is -2.84. The molecule has 0 aliphatic heterocycles. The predicted molar refractivity (Wildman–Crippen MR) is 110 cm³/mol. The van der Waals surface area contributed by atoms with Crippen LogP contribution in [0.15, 0.2) is 24.4 Å². The number of ketones is 1. The second kappa shape index (κ2) is 9.58. The Labute approximate surface area is 177 Å². The highest BCUT2D eigenvalue weighted by atomic mass is 35.5. The smallest absolute Gasteiger partial charge is 0.253 e. The van der Waals surface area contributed by atoms with Crippen molar-refractivity contribution in [2.75, 3.05) is 12.3 Å². The average molecular weight is 439 g/mol. The lowest BCUT2D eigenvalue weighted by Crippen LogP contribution is -2.39. The molecular formula is C19H20Cl2N4O4. The Kier molecular flexibility index (Phi) is 7.41. The average Bonchev–Trinajstić information content (AvgIpc) is 2.64. The SMILES string of the molecule is CC(=O)C[C@H](NC(=O)CNC(=O)c1cnc(C)c(N)c1)c1cc(Cl)cc(Cl)c1O. The third kappa shape index (κ3) is 6.07. The van der Waals surface area contributed by atoms with Gasteiger partial charge in [0.1, 0.15) is 11.5 Å². The number of halogens is 2. The van der Waals surface area contributed by atoms with Gasteiger partial charge in [0.25, 0.3) is 5.91 Å². The van der Waals surface area contributed by atoms with Gasteiger partial charge in [-0.15, -0.1) is 0 Å². The van der Waals surface area contributed by atoms with Crippen LogP contribution in [0.4, 0.5) is 5.69 Å². The van der Waals surface area contributed by atoms with Crippen LogP contribution in [0.25, 0.3) is 0 Å².